The minimum Gasteiger partial charge on any atom is -0.414 e. The van der Waals surface area contributed by atoms with Crippen LogP contribution in [0.15, 0.2) is 29.1 Å². The minimum atomic E-state index is -2.82. The van der Waals surface area contributed by atoms with Crippen molar-refractivity contribution in [3.8, 4) is 10.8 Å². The number of amides is 1. The molecule has 3 heterocycles. The second-order valence-corrected chi connectivity index (χ2v) is 7.89. The fourth-order valence-corrected chi connectivity index (χ4v) is 4.06. The predicted molar refractivity (Wildman–Crippen MR) is 102 cm³/mol. The van der Waals surface area contributed by atoms with Crippen molar-refractivity contribution in [2.45, 2.75) is 26.3 Å². The zero-order valence-corrected chi connectivity index (χ0v) is 16.3. The monoisotopic (exact) mass is 426 g/mol. The summed E-state index contributed by atoms with van der Waals surface area (Å²) in [6, 6.07) is 1.96. The Hall–Kier alpha value is -2.60. The van der Waals surface area contributed by atoms with Gasteiger partial charge in [-0.25, -0.2) is 4.98 Å². The molecule has 0 atom stereocenters. The van der Waals surface area contributed by atoms with Crippen molar-refractivity contribution in [1.82, 2.24) is 20.2 Å². The van der Waals surface area contributed by atoms with Crippen LogP contribution in [0.3, 0.4) is 0 Å². The van der Waals surface area contributed by atoms with E-state index in [1.54, 1.807) is 12.4 Å². The van der Waals surface area contributed by atoms with Gasteiger partial charge in [0.15, 0.2) is 0 Å². The molecule has 0 unspecified atom stereocenters. The average Bonchev–Trinajstić information content (AvgIpc) is 3.30. The number of aryl methyl sites for hydroxylation is 1. The number of aromatic nitrogens is 4. The maximum atomic E-state index is 12.6. The summed E-state index contributed by atoms with van der Waals surface area (Å²) in [5, 5.41) is 7.66. The number of nitrogens with two attached hydrogens (primary N) is 1. The lowest BCUT2D eigenvalue weighted by molar-refractivity contribution is -0.117. The molecular weight excluding hydrogens is 410 g/mol. The molecule has 0 bridgehead atoms. The van der Waals surface area contributed by atoms with Crippen LogP contribution in [-0.2, 0) is 11.3 Å². The van der Waals surface area contributed by atoms with Gasteiger partial charge in [-0.1, -0.05) is 0 Å². The second kappa shape index (κ2) is 9.06. The maximum Gasteiger partial charge on any atom is 0.314 e. The van der Waals surface area contributed by atoms with E-state index in [0.717, 1.165) is 11.3 Å². The number of halogens is 2. The van der Waals surface area contributed by atoms with Gasteiger partial charge in [0, 0.05) is 18.4 Å². The largest absolute Gasteiger partial charge is 0.414 e. The number of thiazole rings is 1. The highest BCUT2D eigenvalue weighted by molar-refractivity contribution is 8.00. The van der Waals surface area contributed by atoms with Crippen molar-refractivity contribution in [2.24, 2.45) is 5.73 Å². The highest BCUT2D eigenvalue weighted by atomic mass is 32.2. The lowest BCUT2D eigenvalue weighted by Gasteiger charge is -2.22. The first-order valence-corrected chi connectivity index (χ1v) is 9.85. The first kappa shape index (κ1) is 20.1. The first-order valence-electron chi connectivity index (χ1n) is 8.09. The molecule has 148 valence electrons. The Labute approximate surface area is 167 Å². The van der Waals surface area contributed by atoms with Gasteiger partial charge in [-0.15, -0.1) is 21.5 Å². The van der Waals surface area contributed by atoms with Gasteiger partial charge in [0.25, 0.3) is 11.8 Å². The Morgan fingerprint density at radius 2 is 2.18 bits per heavy atom. The Morgan fingerprint density at radius 1 is 1.36 bits per heavy atom. The number of hydrogen-bond donors (Lipinski definition) is 1. The van der Waals surface area contributed by atoms with Gasteiger partial charge in [0.1, 0.15) is 9.88 Å². The van der Waals surface area contributed by atoms with E-state index in [9.17, 15) is 13.6 Å². The van der Waals surface area contributed by atoms with Crippen LogP contribution < -0.4 is 10.0 Å². The fraction of sp³-hybridized carbons (Fsp3) is 0.312. The van der Waals surface area contributed by atoms with Crippen LogP contribution in [-0.4, -0.2) is 31.8 Å². The van der Waals surface area contributed by atoms with Crippen molar-refractivity contribution in [1.29, 1.82) is 0 Å². The lowest BCUT2D eigenvalue weighted by atomic mass is 10.3. The summed E-state index contributed by atoms with van der Waals surface area (Å²) in [6.07, 6.45) is 2.38. The summed E-state index contributed by atoms with van der Waals surface area (Å²) >= 11 is 2.69. The summed E-state index contributed by atoms with van der Waals surface area (Å²) in [5.41, 5.74) is 7.05. The molecule has 0 saturated heterocycles. The van der Waals surface area contributed by atoms with Gasteiger partial charge >= 0.3 is 6.43 Å². The van der Waals surface area contributed by atoms with E-state index in [0.29, 0.717) is 22.2 Å². The van der Waals surface area contributed by atoms with Crippen LogP contribution in [0.25, 0.3) is 10.8 Å². The normalized spacial score (nSPS) is 11.1. The predicted octanol–water partition coefficient (Wildman–Crippen LogP) is 3.36. The number of pyridine rings is 1. The van der Waals surface area contributed by atoms with Crippen molar-refractivity contribution in [3.63, 3.8) is 0 Å². The average molecular weight is 426 g/mol. The highest BCUT2D eigenvalue weighted by Crippen LogP contribution is 2.31. The number of carbonyl (C=O) groups excluding carboxylic acids is 1. The molecule has 1 amide bonds. The molecule has 0 aromatic carbocycles. The topological polar surface area (TPSA) is 111 Å². The van der Waals surface area contributed by atoms with E-state index in [4.69, 9.17) is 10.2 Å². The lowest BCUT2D eigenvalue weighted by Crippen LogP contribution is -2.17. The van der Waals surface area contributed by atoms with Gasteiger partial charge in [-0.3, -0.25) is 9.78 Å². The van der Waals surface area contributed by atoms with Crippen molar-refractivity contribution < 1.29 is 18.0 Å². The fourth-order valence-electron chi connectivity index (χ4n) is 2.17. The molecule has 3 aromatic heterocycles. The molecule has 12 heteroatoms. The summed E-state index contributed by atoms with van der Waals surface area (Å²) in [5.74, 6) is -0.593. The van der Waals surface area contributed by atoms with E-state index in [-0.39, 0.29) is 18.2 Å². The van der Waals surface area contributed by atoms with Crippen molar-refractivity contribution in [3.05, 3.63) is 41.1 Å². The number of alkyl halides is 2. The zero-order chi connectivity index (χ0) is 20.1. The van der Waals surface area contributed by atoms with E-state index in [2.05, 4.69) is 20.2 Å². The smallest absolute Gasteiger partial charge is 0.314 e. The number of anilines is 1. The van der Waals surface area contributed by atoms with E-state index >= 15 is 0 Å². The second-order valence-electron chi connectivity index (χ2n) is 5.67. The Bertz CT molecular complexity index is 949. The highest BCUT2D eigenvalue weighted by Gasteiger charge is 2.19. The standard InChI is InChI=1S/C16H16F2N6O2S2/c1-9-4-10(6-20-5-9)24(27-3-2-12(19)25)8-13-21-7-11(28-13)15-22-23-16(26-15)14(17)18/h4-7,14H,2-3,8H2,1H3,(H2,19,25). The number of nitrogens with zero attached hydrogens (tertiary/aromatic N) is 5. The van der Waals surface area contributed by atoms with E-state index in [1.807, 2.05) is 17.3 Å². The minimum absolute atomic E-state index is 0.00389. The Morgan fingerprint density at radius 3 is 2.86 bits per heavy atom. The maximum absolute atomic E-state index is 12.6. The van der Waals surface area contributed by atoms with Gasteiger partial charge < -0.3 is 14.5 Å². The molecule has 0 radical (unpaired) electrons. The molecule has 28 heavy (non-hydrogen) atoms. The molecule has 3 rings (SSSR count). The molecular formula is C16H16F2N6O2S2. The first-order chi connectivity index (χ1) is 13.4. The summed E-state index contributed by atoms with van der Waals surface area (Å²) < 4.78 is 32.1. The zero-order valence-electron chi connectivity index (χ0n) is 14.7. The van der Waals surface area contributed by atoms with E-state index < -0.39 is 12.3 Å². The van der Waals surface area contributed by atoms with Crippen LogP contribution in [0, 0.1) is 6.92 Å². The van der Waals surface area contributed by atoms with Crippen molar-refractivity contribution >= 4 is 34.9 Å². The van der Waals surface area contributed by atoms with Gasteiger partial charge in [-0.2, -0.15) is 8.78 Å². The van der Waals surface area contributed by atoms with Crippen LogP contribution >= 0.6 is 23.3 Å². The molecule has 0 aliphatic heterocycles. The van der Waals surface area contributed by atoms with Crippen molar-refractivity contribution in [2.75, 3.05) is 10.1 Å². The third-order valence-corrected chi connectivity index (χ3v) is 5.42. The number of rotatable bonds is 9. The van der Waals surface area contributed by atoms with Crippen LogP contribution in [0.1, 0.15) is 29.3 Å². The molecule has 0 fully saturated rings. The molecule has 0 saturated carbocycles. The quantitative estimate of drug-likeness (QED) is 0.519. The van der Waals surface area contributed by atoms with Gasteiger partial charge in [0.2, 0.25) is 5.91 Å². The third kappa shape index (κ3) is 5.23. The van der Waals surface area contributed by atoms with E-state index in [1.165, 1.54) is 29.5 Å². The SMILES string of the molecule is Cc1cncc(N(Cc2ncc(-c3nnc(C(F)F)o3)s2)SCCC(N)=O)c1. The van der Waals surface area contributed by atoms with Gasteiger partial charge in [0.05, 0.1) is 24.6 Å². The number of hydrogen-bond acceptors (Lipinski definition) is 9. The molecule has 0 aliphatic carbocycles. The number of primary amides is 1. The van der Waals surface area contributed by atoms with Crippen LogP contribution in [0.4, 0.5) is 14.5 Å². The molecule has 0 spiro atoms. The molecule has 0 aliphatic rings. The van der Waals surface area contributed by atoms with Gasteiger partial charge in [-0.05, 0) is 30.5 Å². The van der Waals surface area contributed by atoms with Crippen LogP contribution in [0.5, 0.6) is 0 Å². The Kier molecular flexibility index (Phi) is 6.52. The summed E-state index contributed by atoms with van der Waals surface area (Å²) in [6.45, 7) is 2.34. The molecule has 8 nitrogen and oxygen atoms in total. The number of carbonyl (C=O) groups is 1. The summed E-state index contributed by atoms with van der Waals surface area (Å²) in [4.78, 5) is 20.0. The van der Waals surface area contributed by atoms with Crippen LogP contribution in [0.2, 0.25) is 0 Å². The molecule has 3 aromatic rings. The summed E-state index contributed by atoms with van der Waals surface area (Å²) in [7, 11) is 0. The Balaban J connectivity index is 1.76. The third-order valence-electron chi connectivity index (χ3n) is 3.41. The molecule has 2 N–H and O–H groups in total.